The molecule has 0 radical (unpaired) electrons. The van der Waals surface area contributed by atoms with Crippen LogP contribution in [0.4, 0.5) is 13.2 Å². The van der Waals surface area contributed by atoms with Crippen molar-refractivity contribution in [3.8, 4) is 11.1 Å². The second kappa shape index (κ2) is 9.43. The SMILES string of the molecule is COC(=O)CNC(=O)c1cccc(-c2cccc3oc(Cc4cccc(C(F)(F)F)c4)cc23)c1. The standard InChI is InChI=1S/C26H20F3NO4/c1-33-24(31)15-30-25(32)18-7-3-6-17(13-18)21-9-4-10-23-22(21)14-20(34-23)12-16-5-2-8-19(11-16)26(27,28)29/h2-11,13-14H,12,15H2,1H3,(H,30,32). The number of hydrogen-bond donors (Lipinski definition) is 1. The molecule has 1 N–H and O–H groups in total. The van der Waals surface area contributed by atoms with E-state index in [0.717, 1.165) is 28.6 Å². The summed E-state index contributed by atoms with van der Waals surface area (Å²) in [5.74, 6) is -0.452. The zero-order chi connectivity index (χ0) is 24.3. The number of ether oxygens (including phenoxy) is 1. The minimum absolute atomic E-state index is 0.202. The lowest BCUT2D eigenvalue weighted by Crippen LogP contribution is -2.30. The van der Waals surface area contributed by atoms with Gasteiger partial charge in [0, 0.05) is 17.4 Å². The van der Waals surface area contributed by atoms with Crippen LogP contribution in [0.25, 0.3) is 22.1 Å². The van der Waals surface area contributed by atoms with Gasteiger partial charge in [-0.15, -0.1) is 0 Å². The van der Waals surface area contributed by atoms with Gasteiger partial charge in [-0.3, -0.25) is 9.59 Å². The average Bonchev–Trinajstić information content (AvgIpc) is 3.24. The molecule has 4 aromatic rings. The highest BCUT2D eigenvalue weighted by molar-refractivity contribution is 5.99. The first kappa shape index (κ1) is 23.1. The molecule has 0 aliphatic rings. The van der Waals surface area contributed by atoms with Crippen molar-refractivity contribution in [1.82, 2.24) is 5.32 Å². The number of fused-ring (bicyclic) bond motifs is 1. The molecular weight excluding hydrogens is 447 g/mol. The van der Waals surface area contributed by atoms with E-state index in [4.69, 9.17) is 4.42 Å². The molecule has 1 aromatic heterocycles. The molecule has 0 unspecified atom stereocenters. The van der Waals surface area contributed by atoms with E-state index in [0.29, 0.717) is 22.5 Å². The maximum atomic E-state index is 13.0. The molecule has 0 bridgehead atoms. The number of esters is 1. The van der Waals surface area contributed by atoms with E-state index in [1.54, 1.807) is 42.5 Å². The van der Waals surface area contributed by atoms with Gasteiger partial charge >= 0.3 is 12.1 Å². The first-order valence-corrected chi connectivity index (χ1v) is 10.4. The van der Waals surface area contributed by atoms with E-state index >= 15 is 0 Å². The number of benzene rings is 3. The molecule has 4 rings (SSSR count). The Morgan fingerprint density at radius 3 is 2.50 bits per heavy atom. The van der Waals surface area contributed by atoms with Crippen LogP contribution in [0.5, 0.6) is 0 Å². The Balaban J connectivity index is 1.62. The van der Waals surface area contributed by atoms with Crippen molar-refractivity contribution in [2.24, 2.45) is 0 Å². The highest BCUT2D eigenvalue weighted by Crippen LogP contribution is 2.33. The Hall–Kier alpha value is -4.07. The molecule has 5 nitrogen and oxygen atoms in total. The number of nitrogens with one attached hydrogen (secondary N) is 1. The minimum atomic E-state index is -4.41. The highest BCUT2D eigenvalue weighted by atomic mass is 19.4. The minimum Gasteiger partial charge on any atom is -0.468 e. The van der Waals surface area contributed by atoms with E-state index in [-0.39, 0.29) is 13.0 Å². The summed E-state index contributed by atoms with van der Waals surface area (Å²) < 4.78 is 49.5. The summed E-state index contributed by atoms with van der Waals surface area (Å²) in [6.07, 6.45) is -4.21. The van der Waals surface area contributed by atoms with E-state index in [9.17, 15) is 22.8 Å². The van der Waals surface area contributed by atoms with Crippen molar-refractivity contribution in [2.45, 2.75) is 12.6 Å². The summed E-state index contributed by atoms with van der Waals surface area (Å²) in [4.78, 5) is 23.7. The molecule has 3 aromatic carbocycles. The summed E-state index contributed by atoms with van der Waals surface area (Å²) in [5.41, 5.74) is 2.29. The van der Waals surface area contributed by atoms with Crippen LogP contribution >= 0.6 is 0 Å². The molecular formula is C26H20F3NO4. The summed E-state index contributed by atoms with van der Waals surface area (Å²) in [6, 6.07) is 19.3. The summed E-state index contributed by atoms with van der Waals surface area (Å²) in [5, 5.41) is 3.27. The molecule has 8 heteroatoms. The van der Waals surface area contributed by atoms with E-state index in [1.807, 2.05) is 12.1 Å². The van der Waals surface area contributed by atoms with Crippen LogP contribution in [0.1, 0.15) is 27.2 Å². The second-order valence-electron chi connectivity index (χ2n) is 7.64. The Morgan fingerprint density at radius 2 is 1.74 bits per heavy atom. The quantitative estimate of drug-likeness (QED) is 0.374. The fourth-order valence-electron chi connectivity index (χ4n) is 3.67. The van der Waals surface area contributed by atoms with Gasteiger partial charge in [-0.25, -0.2) is 0 Å². The van der Waals surface area contributed by atoms with Gasteiger partial charge in [0.15, 0.2) is 0 Å². The van der Waals surface area contributed by atoms with Crippen molar-refractivity contribution in [3.05, 3.63) is 95.2 Å². The van der Waals surface area contributed by atoms with Gasteiger partial charge in [-0.2, -0.15) is 13.2 Å². The number of halogens is 3. The molecule has 34 heavy (non-hydrogen) atoms. The van der Waals surface area contributed by atoms with Crippen molar-refractivity contribution >= 4 is 22.8 Å². The van der Waals surface area contributed by atoms with Crippen LogP contribution in [0.15, 0.2) is 77.2 Å². The number of amides is 1. The third-order valence-corrected chi connectivity index (χ3v) is 5.30. The predicted octanol–water partition coefficient (Wildman–Crippen LogP) is 5.61. The van der Waals surface area contributed by atoms with Crippen molar-refractivity contribution in [2.75, 3.05) is 13.7 Å². The smallest absolute Gasteiger partial charge is 0.416 e. The van der Waals surface area contributed by atoms with Gasteiger partial charge in [0.2, 0.25) is 0 Å². The topological polar surface area (TPSA) is 68.5 Å². The highest BCUT2D eigenvalue weighted by Gasteiger charge is 2.30. The molecule has 1 heterocycles. The van der Waals surface area contributed by atoms with E-state index < -0.39 is 23.6 Å². The maximum absolute atomic E-state index is 13.0. The molecule has 0 spiro atoms. The summed E-state index contributed by atoms with van der Waals surface area (Å²) in [6.45, 7) is -0.240. The molecule has 174 valence electrons. The van der Waals surface area contributed by atoms with Crippen LogP contribution in [-0.2, 0) is 22.1 Å². The Bertz CT molecular complexity index is 1360. The Kier molecular flexibility index (Phi) is 6.40. The lowest BCUT2D eigenvalue weighted by molar-refractivity contribution is -0.139. The molecule has 0 atom stereocenters. The molecule has 0 fully saturated rings. The summed E-state index contributed by atoms with van der Waals surface area (Å²) in [7, 11) is 1.24. The predicted molar refractivity (Wildman–Crippen MR) is 120 cm³/mol. The van der Waals surface area contributed by atoms with Gasteiger partial charge in [0.1, 0.15) is 17.9 Å². The molecule has 0 saturated heterocycles. The van der Waals surface area contributed by atoms with Crippen LogP contribution < -0.4 is 5.32 Å². The molecule has 1 amide bonds. The van der Waals surface area contributed by atoms with Crippen molar-refractivity contribution < 1.29 is 31.9 Å². The lowest BCUT2D eigenvalue weighted by Gasteiger charge is -2.07. The normalized spacial score (nSPS) is 11.4. The van der Waals surface area contributed by atoms with Gasteiger partial charge in [0.05, 0.1) is 12.7 Å². The molecule has 0 aliphatic heterocycles. The first-order chi connectivity index (χ1) is 16.2. The number of carbonyl (C=O) groups is 2. The van der Waals surface area contributed by atoms with Crippen LogP contribution in [0, 0.1) is 0 Å². The molecule has 0 aliphatic carbocycles. The summed E-state index contributed by atoms with van der Waals surface area (Å²) >= 11 is 0. The number of alkyl halides is 3. The Morgan fingerprint density at radius 1 is 0.971 bits per heavy atom. The van der Waals surface area contributed by atoms with Crippen molar-refractivity contribution in [3.63, 3.8) is 0 Å². The largest absolute Gasteiger partial charge is 0.468 e. The fraction of sp³-hybridized carbons (Fsp3) is 0.154. The third kappa shape index (κ3) is 5.11. The third-order valence-electron chi connectivity index (χ3n) is 5.30. The van der Waals surface area contributed by atoms with E-state index in [2.05, 4.69) is 10.1 Å². The maximum Gasteiger partial charge on any atom is 0.416 e. The van der Waals surface area contributed by atoms with Gasteiger partial charge in [0.25, 0.3) is 5.91 Å². The molecule has 0 saturated carbocycles. The first-order valence-electron chi connectivity index (χ1n) is 10.4. The Labute approximate surface area is 193 Å². The van der Waals surface area contributed by atoms with Crippen molar-refractivity contribution in [1.29, 1.82) is 0 Å². The van der Waals surface area contributed by atoms with Crippen LogP contribution in [0.3, 0.4) is 0 Å². The second-order valence-corrected chi connectivity index (χ2v) is 7.64. The fourth-order valence-corrected chi connectivity index (χ4v) is 3.67. The number of methoxy groups -OCH3 is 1. The van der Waals surface area contributed by atoms with E-state index in [1.165, 1.54) is 13.2 Å². The number of furan rings is 1. The zero-order valence-electron chi connectivity index (χ0n) is 18.1. The zero-order valence-corrected chi connectivity index (χ0v) is 18.1. The number of carbonyl (C=O) groups excluding carboxylic acids is 2. The number of hydrogen-bond acceptors (Lipinski definition) is 4. The lowest BCUT2D eigenvalue weighted by atomic mass is 9.99. The average molecular weight is 467 g/mol. The van der Waals surface area contributed by atoms with Gasteiger partial charge < -0.3 is 14.5 Å². The van der Waals surface area contributed by atoms with Crippen LogP contribution in [-0.4, -0.2) is 25.5 Å². The van der Waals surface area contributed by atoms with Gasteiger partial charge in [-0.1, -0.05) is 42.5 Å². The monoisotopic (exact) mass is 467 g/mol. The number of rotatable bonds is 6. The van der Waals surface area contributed by atoms with Crippen LogP contribution in [0.2, 0.25) is 0 Å². The van der Waals surface area contributed by atoms with Gasteiger partial charge in [-0.05, 0) is 47.0 Å².